The van der Waals surface area contributed by atoms with Gasteiger partial charge in [0.05, 0.1) is 5.69 Å². The van der Waals surface area contributed by atoms with E-state index in [0.717, 1.165) is 36.9 Å². The van der Waals surface area contributed by atoms with Gasteiger partial charge in [-0.05, 0) is 30.2 Å². The van der Waals surface area contributed by atoms with Crippen LogP contribution in [0.2, 0.25) is 0 Å². The van der Waals surface area contributed by atoms with Gasteiger partial charge in [0, 0.05) is 19.2 Å². The van der Waals surface area contributed by atoms with E-state index < -0.39 is 0 Å². The zero-order valence-corrected chi connectivity index (χ0v) is 16.7. The average molecular weight is 357 g/mol. The Morgan fingerprint density at radius 2 is 1.92 bits per heavy atom. The monoisotopic (exact) mass is 356 g/mol. The van der Waals surface area contributed by atoms with Crippen molar-refractivity contribution >= 4 is 5.96 Å². The summed E-state index contributed by atoms with van der Waals surface area (Å²) >= 11 is 0. The molecule has 0 fully saturated rings. The number of nitrogens with one attached hydrogen (secondary N) is 2. The summed E-state index contributed by atoms with van der Waals surface area (Å²) in [5.74, 6) is 1.95. The molecule has 0 atom stereocenters. The molecule has 2 aromatic rings. The van der Waals surface area contributed by atoms with E-state index in [-0.39, 0.29) is 5.41 Å². The van der Waals surface area contributed by atoms with Crippen LogP contribution in [0.25, 0.3) is 0 Å². The summed E-state index contributed by atoms with van der Waals surface area (Å²) in [6, 6.07) is 12.6. The van der Waals surface area contributed by atoms with Gasteiger partial charge in [0.1, 0.15) is 6.54 Å². The van der Waals surface area contributed by atoms with E-state index in [9.17, 15) is 0 Å². The third kappa shape index (κ3) is 6.54. The summed E-state index contributed by atoms with van der Waals surface area (Å²) in [5, 5.41) is 10.8. The van der Waals surface area contributed by atoms with Crippen molar-refractivity contribution in [3.8, 4) is 0 Å². The van der Waals surface area contributed by atoms with E-state index in [4.69, 9.17) is 4.52 Å². The smallest absolute Gasteiger partial charge is 0.191 e. The largest absolute Gasteiger partial charge is 0.359 e. The molecule has 1 aromatic heterocycles. The second-order valence-corrected chi connectivity index (χ2v) is 7.75. The molecule has 0 radical (unpaired) electrons. The molecule has 0 bridgehead atoms. The molecule has 0 saturated carbocycles. The Morgan fingerprint density at radius 3 is 2.54 bits per heavy atom. The van der Waals surface area contributed by atoms with Gasteiger partial charge in [0.25, 0.3) is 0 Å². The Balaban J connectivity index is 1.93. The van der Waals surface area contributed by atoms with E-state index >= 15 is 0 Å². The Hall–Kier alpha value is -2.30. The molecule has 5 nitrogen and oxygen atoms in total. The van der Waals surface area contributed by atoms with Crippen molar-refractivity contribution < 1.29 is 4.52 Å². The zero-order chi connectivity index (χ0) is 19.0. The number of hydrogen-bond acceptors (Lipinski definition) is 3. The maximum atomic E-state index is 5.37. The first-order valence-corrected chi connectivity index (χ1v) is 9.41. The third-order valence-corrected chi connectivity index (χ3v) is 4.17. The van der Waals surface area contributed by atoms with Crippen LogP contribution in [-0.4, -0.2) is 24.2 Å². The number of hydrogen-bond donors (Lipinski definition) is 2. The minimum Gasteiger partial charge on any atom is -0.359 e. The summed E-state index contributed by atoms with van der Waals surface area (Å²) < 4.78 is 5.37. The molecule has 0 spiro atoms. The van der Waals surface area contributed by atoms with Crippen molar-refractivity contribution in [3.05, 3.63) is 53.4 Å². The Kier molecular flexibility index (Phi) is 7.25. The molecule has 1 heterocycles. The summed E-state index contributed by atoms with van der Waals surface area (Å²) in [5.41, 5.74) is 2.44. The topological polar surface area (TPSA) is 62.5 Å². The van der Waals surface area contributed by atoms with Gasteiger partial charge in [0.2, 0.25) is 0 Å². The third-order valence-electron chi connectivity index (χ3n) is 4.17. The van der Waals surface area contributed by atoms with E-state index in [1.54, 1.807) is 0 Å². The number of aliphatic imine (C=N–C) groups is 1. The minimum atomic E-state index is 0.120. The van der Waals surface area contributed by atoms with E-state index in [2.05, 4.69) is 85.7 Å². The van der Waals surface area contributed by atoms with Gasteiger partial charge in [-0.1, -0.05) is 63.2 Å². The maximum Gasteiger partial charge on any atom is 0.191 e. The first-order valence-electron chi connectivity index (χ1n) is 9.41. The number of benzene rings is 1. The number of guanidine groups is 1. The highest BCUT2D eigenvalue weighted by molar-refractivity contribution is 5.79. The number of rotatable bonds is 8. The molecule has 2 N–H and O–H groups in total. The Labute approximate surface area is 157 Å². The van der Waals surface area contributed by atoms with Crippen LogP contribution in [0.5, 0.6) is 0 Å². The molecular weight excluding hydrogens is 324 g/mol. The second kappa shape index (κ2) is 9.41. The lowest BCUT2D eigenvalue weighted by Gasteiger charge is -2.26. The van der Waals surface area contributed by atoms with Crippen LogP contribution in [0, 0.1) is 5.41 Å². The molecule has 0 aliphatic rings. The summed E-state index contributed by atoms with van der Waals surface area (Å²) in [4.78, 5) is 4.63. The number of nitrogens with zero attached hydrogens (tertiary/aromatic N) is 2. The molecular formula is C21H32N4O. The van der Waals surface area contributed by atoms with Crippen molar-refractivity contribution in [2.24, 2.45) is 10.4 Å². The van der Waals surface area contributed by atoms with Crippen molar-refractivity contribution in [1.82, 2.24) is 15.8 Å². The molecule has 0 aliphatic heterocycles. The molecule has 1 aromatic carbocycles. The fourth-order valence-electron chi connectivity index (χ4n) is 2.71. The predicted octanol–water partition coefficient (Wildman–Crippen LogP) is 4.12. The first-order chi connectivity index (χ1) is 12.4. The summed E-state index contributed by atoms with van der Waals surface area (Å²) in [7, 11) is 0. The molecule has 0 saturated heterocycles. The first kappa shape index (κ1) is 20.0. The highest BCUT2D eigenvalue weighted by Crippen LogP contribution is 2.20. The average Bonchev–Trinajstić information content (AvgIpc) is 3.07. The highest BCUT2D eigenvalue weighted by Gasteiger charge is 2.19. The molecule has 5 heteroatoms. The SMILES string of the molecule is CCNC(=NCc1cc(C(C)C)no1)NCC(C)(C)Cc1ccccc1. The van der Waals surface area contributed by atoms with Crippen LogP contribution in [0.3, 0.4) is 0 Å². The van der Waals surface area contributed by atoms with Gasteiger partial charge in [-0.3, -0.25) is 0 Å². The van der Waals surface area contributed by atoms with Crippen LogP contribution < -0.4 is 10.6 Å². The molecule has 0 aliphatic carbocycles. The van der Waals surface area contributed by atoms with Crippen molar-refractivity contribution in [2.75, 3.05) is 13.1 Å². The highest BCUT2D eigenvalue weighted by atomic mass is 16.5. The van der Waals surface area contributed by atoms with Crippen LogP contribution in [0.15, 0.2) is 45.9 Å². The van der Waals surface area contributed by atoms with Gasteiger partial charge in [-0.2, -0.15) is 0 Å². The second-order valence-electron chi connectivity index (χ2n) is 7.75. The Morgan fingerprint density at radius 1 is 1.19 bits per heavy atom. The summed E-state index contributed by atoms with van der Waals surface area (Å²) in [6.07, 6.45) is 1.01. The lowest BCUT2D eigenvalue weighted by Crippen LogP contribution is -2.42. The lowest BCUT2D eigenvalue weighted by atomic mass is 9.86. The van der Waals surface area contributed by atoms with Gasteiger partial charge in [0.15, 0.2) is 11.7 Å². The lowest BCUT2D eigenvalue weighted by molar-refractivity contribution is 0.358. The summed E-state index contributed by atoms with van der Waals surface area (Å²) in [6.45, 7) is 12.9. The predicted molar refractivity (Wildman–Crippen MR) is 107 cm³/mol. The molecule has 0 unspecified atom stereocenters. The van der Waals surface area contributed by atoms with Crippen LogP contribution >= 0.6 is 0 Å². The van der Waals surface area contributed by atoms with Gasteiger partial charge in [-0.15, -0.1) is 0 Å². The van der Waals surface area contributed by atoms with Gasteiger partial charge >= 0.3 is 0 Å². The van der Waals surface area contributed by atoms with E-state index in [0.29, 0.717) is 12.5 Å². The van der Waals surface area contributed by atoms with Crippen molar-refractivity contribution in [2.45, 2.75) is 53.5 Å². The molecule has 0 amide bonds. The molecule has 142 valence electrons. The van der Waals surface area contributed by atoms with Crippen molar-refractivity contribution in [3.63, 3.8) is 0 Å². The molecule has 26 heavy (non-hydrogen) atoms. The van der Waals surface area contributed by atoms with E-state index in [1.807, 2.05) is 6.07 Å². The minimum absolute atomic E-state index is 0.120. The van der Waals surface area contributed by atoms with E-state index in [1.165, 1.54) is 5.56 Å². The quantitative estimate of drug-likeness (QED) is 0.552. The fraction of sp³-hybridized carbons (Fsp3) is 0.524. The standard InChI is InChI=1S/C21H32N4O/c1-6-22-20(23-14-18-12-19(16(2)3)25-26-18)24-15-21(4,5)13-17-10-8-7-9-11-17/h7-12,16H,6,13-15H2,1-5H3,(H2,22,23,24). The van der Waals surface area contributed by atoms with Gasteiger partial charge < -0.3 is 15.2 Å². The molecule has 2 rings (SSSR count). The number of aromatic nitrogens is 1. The zero-order valence-electron chi connectivity index (χ0n) is 16.7. The van der Waals surface area contributed by atoms with Crippen LogP contribution in [0.4, 0.5) is 0 Å². The van der Waals surface area contributed by atoms with Crippen LogP contribution in [0.1, 0.15) is 57.6 Å². The normalized spacial score (nSPS) is 12.5. The van der Waals surface area contributed by atoms with Crippen LogP contribution in [-0.2, 0) is 13.0 Å². The van der Waals surface area contributed by atoms with Crippen molar-refractivity contribution in [1.29, 1.82) is 0 Å². The maximum absolute atomic E-state index is 5.37. The van der Waals surface area contributed by atoms with Gasteiger partial charge in [-0.25, -0.2) is 4.99 Å². The Bertz CT molecular complexity index is 689. The fourth-order valence-corrected chi connectivity index (χ4v) is 2.71.